The molecule has 0 radical (unpaired) electrons. The van der Waals surface area contributed by atoms with Gasteiger partial charge in [0.2, 0.25) is 0 Å². The Hall–Kier alpha value is -1.61. The van der Waals surface area contributed by atoms with Gasteiger partial charge in [-0.05, 0) is 17.0 Å². The summed E-state index contributed by atoms with van der Waals surface area (Å²) in [6.45, 7) is 1.55. The van der Waals surface area contributed by atoms with Gasteiger partial charge in [-0.3, -0.25) is 4.79 Å². The Morgan fingerprint density at radius 3 is 2.67 bits per heavy atom. The standard InChI is InChI=1S/C15H13FOS/c1-11(17)18-10-4-5-12-8-9-15(16)14-7-3-2-6-13(12)14/h2-9H,10H2,1H3. The Morgan fingerprint density at radius 2 is 1.94 bits per heavy atom. The summed E-state index contributed by atoms with van der Waals surface area (Å²) in [6.07, 6.45) is 3.85. The Bertz CT molecular complexity index is 604. The number of fused-ring (bicyclic) bond motifs is 1. The highest BCUT2D eigenvalue weighted by molar-refractivity contribution is 8.13. The second kappa shape index (κ2) is 5.83. The minimum Gasteiger partial charge on any atom is -0.288 e. The van der Waals surface area contributed by atoms with Crippen molar-refractivity contribution in [2.45, 2.75) is 6.92 Å². The van der Waals surface area contributed by atoms with Crippen molar-refractivity contribution in [2.75, 3.05) is 5.75 Å². The first-order chi connectivity index (χ1) is 8.68. The Morgan fingerprint density at radius 1 is 1.22 bits per heavy atom. The summed E-state index contributed by atoms with van der Waals surface area (Å²) < 4.78 is 13.6. The van der Waals surface area contributed by atoms with Gasteiger partial charge in [-0.1, -0.05) is 54.2 Å². The highest BCUT2D eigenvalue weighted by Gasteiger charge is 2.02. The smallest absolute Gasteiger partial charge is 0.186 e. The van der Waals surface area contributed by atoms with Crippen molar-refractivity contribution in [3.05, 3.63) is 53.9 Å². The van der Waals surface area contributed by atoms with Crippen LogP contribution in [-0.2, 0) is 4.79 Å². The van der Waals surface area contributed by atoms with E-state index in [1.54, 1.807) is 19.1 Å². The molecule has 92 valence electrons. The van der Waals surface area contributed by atoms with Crippen molar-refractivity contribution in [1.82, 2.24) is 0 Å². The van der Waals surface area contributed by atoms with E-state index in [0.717, 1.165) is 10.9 Å². The van der Waals surface area contributed by atoms with E-state index in [9.17, 15) is 9.18 Å². The van der Waals surface area contributed by atoms with Crippen LogP contribution >= 0.6 is 11.8 Å². The molecule has 0 atom stereocenters. The lowest BCUT2D eigenvalue weighted by atomic mass is 10.0. The molecule has 2 aromatic rings. The summed E-state index contributed by atoms with van der Waals surface area (Å²) >= 11 is 1.26. The van der Waals surface area contributed by atoms with E-state index in [2.05, 4.69) is 0 Å². The van der Waals surface area contributed by atoms with Crippen molar-refractivity contribution >= 4 is 33.7 Å². The molecule has 0 saturated carbocycles. The maximum Gasteiger partial charge on any atom is 0.186 e. The van der Waals surface area contributed by atoms with E-state index >= 15 is 0 Å². The van der Waals surface area contributed by atoms with Gasteiger partial charge < -0.3 is 0 Å². The van der Waals surface area contributed by atoms with Crippen LogP contribution in [0.15, 0.2) is 42.5 Å². The van der Waals surface area contributed by atoms with E-state index in [1.165, 1.54) is 17.8 Å². The van der Waals surface area contributed by atoms with E-state index in [-0.39, 0.29) is 10.9 Å². The number of benzene rings is 2. The van der Waals surface area contributed by atoms with Gasteiger partial charge in [0.05, 0.1) is 0 Å². The molecule has 0 N–H and O–H groups in total. The summed E-state index contributed by atoms with van der Waals surface area (Å²) in [5, 5.41) is 1.61. The normalized spacial score (nSPS) is 11.2. The molecule has 0 amide bonds. The maximum absolute atomic E-state index is 13.6. The van der Waals surface area contributed by atoms with Gasteiger partial charge in [0, 0.05) is 18.1 Å². The largest absolute Gasteiger partial charge is 0.288 e. The predicted molar refractivity (Wildman–Crippen MR) is 76.1 cm³/mol. The zero-order valence-electron chi connectivity index (χ0n) is 10.0. The molecule has 0 aliphatic carbocycles. The molecule has 2 rings (SSSR count). The number of hydrogen-bond acceptors (Lipinski definition) is 2. The zero-order valence-corrected chi connectivity index (χ0v) is 10.8. The van der Waals surface area contributed by atoms with Crippen LogP contribution in [-0.4, -0.2) is 10.9 Å². The van der Waals surface area contributed by atoms with Gasteiger partial charge in [0.25, 0.3) is 0 Å². The van der Waals surface area contributed by atoms with Crippen LogP contribution in [0.4, 0.5) is 4.39 Å². The maximum atomic E-state index is 13.6. The molecule has 0 bridgehead atoms. The van der Waals surface area contributed by atoms with Crippen LogP contribution in [0.25, 0.3) is 16.8 Å². The fourth-order valence-corrected chi connectivity index (χ4v) is 2.20. The molecule has 3 heteroatoms. The average Bonchev–Trinajstić information content (AvgIpc) is 2.37. The van der Waals surface area contributed by atoms with E-state index < -0.39 is 0 Å². The van der Waals surface area contributed by atoms with E-state index in [4.69, 9.17) is 0 Å². The van der Waals surface area contributed by atoms with Gasteiger partial charge >= 0.3 is 0 Å². The van der Waals surface area contributed by atoms with Crippen molar-refractivity contribution in [1.29, 1.82) is 0 Å². The molecule has 0 aromatic heterocycles. The van der Waals surface area contributed by atoms with Crippen LogP contribution in [0.1, 0.15) is 12.5 Å². The molecular formula is C15H13FOS. The Labute approximate surface area is 110 Å². The predicted octanol–water partition coefficient (Wildman–Crippen LogP) is 4.27. The fraction of sp³-hybridized carbons (Fsp3) is 0.133. The van der Waals surface area contributed by atoms with Crippen LogP contribution in [0, 0.1) is 5.82 Å². The third-order valence-corrected chi connectivity index (χ3v) is 3.35. The van der Waals surface area contributed by atoms with Crippen molar-refractivity contribution < 1.29 is 9.18 Å². The summed E-state index contributed by atoms with van der Waals surface area (Å²) in [5.41, 5.74) is 0.969. The second-order valence-corrected chi connectivity index (χ2v) is 5.08. The highest BCUT2D eigenvalue weighted by atomic mass is 32.2. The summed E-state index contributed by atoms with van der Waals surface area (Å²) in [5.74, 6) is 0.432. The zero-order chi connectivity index (χ0) is 13.0. The van der Waals surface area contributed by atoms with Crippen molar-refractivity contribution in [3.63, 3.8) is 0 Å². The summed E-state index contributed by atoms with van der Waals surface area (Å²) in [4.78, 5) is 10.8. The Balaban J connectivity index is 2.29. The molecule has 0 fully saturated rings. The number of rotatable bonds is 3. The van der Waals surface area contributed by atoms with Crippen LogP contribution in [0.5, 0.6) is 0 Å². The van der Waals surface area contributed by atoms with Crippen LogP contribution in [0.2, 0.25) is 0 Å². The van der Waals surface area contributed by atoms with E-state index in [1.807, 2.05) is 30.4 Å². The van der Waals surface area contributed by atoms with Crippen molar-refractivity contribution in [2.24, 2.45) is 0 Å². The third-order valence-electron chi connectivity index (χ3n) is 2.58. The number of hydrogen-bond donors (Lipinski definition) is 0. The molecule has 0 aliphatic rings. The Kier molecular flexibility index (Phi) is 4.15. The number of thioether (sulfide) groups is 1. The average molecular weight is 260 g/mol. The summed E-state index contributed by atoms with van der Waals surface area (Å²) in [6, 6.07) is 10.6. The molecule has 0 saturated heterocycles. The molecule has 18 heavy (non-hydrogen) atoms. The number of halogens is 1. The minimum atomic E-state index is -0.208. The molecule has 2 aromatic carbocycles. The molecule has 1 nitrogen and oxygen atoms in total. The first-order valence-electron chi connectivity index (χ1n) is 5.65. The van der Waals surface area contributed by atoms with Crippen LogP contribution in [0.3, 0.4) is 0 Å². The van der Waals surface area contributed by atoms with Gasteiger partial charge in [0.1, 0.15) is 5.82 Å². The van der Waals surface area contributed by atoms with Crippen molar-refractivity contribution in [3.8, 4) is 0 Å². The lowest BCUT2D eigenvalue weighted by Gasteiger charge is -2.03. The SMILES string of the molecule is CC(=O)SCC=Cc1ccc(F)c2ccccc12. The van der Waals surface area contributed by atoms with Gasteiger partial charge in [-0.25, -0.2) is 4.39 Å². The van der Waals surface area contributed by atoms with E-state index in [0.29, 0.717) is 11.1 Å². The topological polar surface area (TPSA) is 17.1 Å². The third kappa shape index (κ3) is 2.99. The summed E-state index contributed by atoms with van der Waals surface area (Å²) in [7, 11) is 0. The van der Waals surface area contributed by atoms with Crippen LogP contribution < -0.4 is 0 Å². The van der Waals surface area contributed by atoms with Gasteiger partial charge in [-0.15, -0.1) is 0 Å². The lowest BCUT2D eigenvalue weighted by Crippen LogP contribution is -1.84. The fourth-order valence-electron chi connectivity index (χ4n) is 1.77. The molecular weight excluding hydrogens is 247 g/mol. The molecule has 0 heterocycles. The lowest BCUT2D eigenvalue weighted by molar-refractivity contribution is -0.109. The second-order valence-electron chi connectivity index (χ2n) is 3.89. The molecule has 0 aliphatic heterocycles. The highest BCUT2D eigenvalue weighted by Crippen LogP contribution is 2.22. The monoisotopic (exact) mass is 260 g/mol. The number of carbonyl (C=O) groups is 1. The van der Waals surface area contributed by atoms with Gasteiger partial charge in [-0.2, -0.15) is 0 Å². The molecule has 0 unspecified atom stereocenters. The number of carbonyl (C=O) groups excluding carboxylic acids is 1. The quantitative estimate of drug-likeness (QED) is 0.819. The first kappa shape index (κ1) is 12.8. The first-order valence-corrected chi connectivity index (χ1v) is 6.64. The molecule has 0 spiro atoms. The minimum absolute atomic E-state index is 0.101. The van der Waals surface area contributed by atoms with Gasteiger partial charge in [0.15, 0.2) is 5.12 Å².